The lowest BCUT2D eigenvalue weighted by molar-refractivity contribution is 0.0184. The molecule has 1 aliphatic heterocycles. The number of likely N-dealkylation sites (tertiary alicyclic amines) is 1. The second kappa shape index (κ2) is 12.5. The van der Waals surface area contributed by atoms with E-state index < -0.39 is 15.6 Å². The van der Waals surface area contributed by atoms with Crippen LogP contribution in [-0.2, 0) is 40.1 Å². The zero-order valence-corrected chi connectivity index (χ0v) is 28.4. The number of fused-ring (bicyclic) bond motifs is 1. The Kier molecular flexibility index (Phi) is 9.45. The standard InChI is InChI=1S/C34H47N3O6S/c1-33(2,3)26-18-25(31(42-8)27(21-26)35-44(9,40)41)20-29(38)28-19-24-12-10-11-23(30(24)36(28)7)17-22-13-15-37(16-14-22)32(39)43-34(4,5)6/h10-12,18-19,21-22,35H,13-17,20H2,1-9H3. The SMILES string of the molecule is COc1c(CC(=O)c2cc3cccc(CC4CCN(C(=O)OC(C)(C)C)CC4)c3n2C)cc(C(C)(C)C)cc1NS(C)(=O)=O. The molecule has 1 aliphatic rings. The molecule has 1 N–H and O–H groups in total. The first-order chi connectivity index (χ1) is 20.4. The van der Waals surface area contributed by atoms with Crippen molar-refractivity contribution in [1.82, 2.24) is 9.47 Å². The molecule has 2 heterocycles. The fourth-order valence-electron chi connectivity index (χ4n) is 5.92. The van der Waals surface area contributed by atoms with Crippen molar-refractivity contribution in [3.8, 4) is 5.75 Å². The number of nitrogens with zero attached hydrogens (tertiary/aromatic N) is 2. The van der Waals surface area contributed by atoms with Gasteiger partial charge < -0.3 is 18.9 Å². The third-order valence-corrected chi connectivity index (χ3v) is 8.67. The van der Waals surface area contributed by atoms with E-state index >= 15 is 0 Å². The van der Waals surface area contributed by atoms with Crippen molar-refractivity contribution in [3.63, 3.8) is 0 Å². The molecule has 0 saturated carbocycles. The van der Waals surface area contributed by atoms with Crippen molar-refractivity contribution >= 4 is 38.5 Å². The van der Waals surface area contributed by atoms with Crippen LogP contribution in [0.2, 0.25) is 0 Å². The van der Waals surface area contributed by atoms with Gasteiger partial charge in [0.2, 0.25) is 10.0 Å². The molecule has 0 bridgehead atoms. The highest BCUT2D eigenvalue weighted by Gasteiger charge is 2.28. The maximum atomic E-state index is 13.9. The number of hydrogen-bond donors (Lipinski definition) is 1. The fourth-order valence-corrected chi connectivity index (χ4v) is 6.48. The Bertz CT molecular complexity index is 1650. The molecule has 1 saturated heterocycles. The van der Waals surface area contributed by atoms with E-state index in [1.54, 1.807) is 11.0 Å². The number of nitrogens with one attached hydrogen (secondary N) is 1. The van der Waals surface area contributed by atoms with Gasteiger partial charge in [-0.3, -0.25) is 9.52 Å². The first-order valence-electron chi connectivity index (χ1n) is 15.1. The zero-order valence-electron chi connectivity index (χ0n) is 27.5. The summed E-state index contributed by atoms with van der Waals surface area (Å²) < 4.78 is 40.0. The minimum Gasteiger partial charge on any atom is -0.494 e. The maximum absolute atomic E-state index is 13.9. The Morgan fingerprint density at radius 2 is 1.66 bits per heavy atom. The van der Waals surface area contributed by atoms with Crippen LogP contribution in [-0.4, -0.2) is 61.8 Å². The summed E-state index contributed by atoms with van der Waals surface area (Å²) in [7, 11) is -0.169. The fraction of sp³-hybridized carbons (Fsp3) is 0.529. The molecule has 0 spiro atoms. The molecule has 4 rings (SSSR count). The summed E-state index contributed by atoms with van der Waals surface area (Å²) in [5.41, 5.74) is 3.82. The summed E-state index contributed by atoms with van der Waals surface area (Å²) in [5.74, 6) is 0.669. The number of piperidine rings is 1. The van der Waals surface area contributed by atoms with Crippen molar-refractivity contribution in [2.45, 2.75) is 78.2 Å². The minimum absolute atomic E-state index is 0.0498. The number of hydrogen-bond acceptors (Lipinski definition) is 6. The molecule has 240 valence electrons. The lowest BCUT2D eigenvalue weighted by Gasteiger charge is -2.33. The number of methoxy groups -OCH3 is 1. The lowest BCUT2D eigenvalue weighted by atomic mass is 9.85. The average molecular weight is 626 g/mol. The summed E-state index contributed by atoms with van der Waals surface area (Å²) in [6.45, 7) is 13.1. The Hall–Kier alpha value is -3.53. The van der Waals surface area contributed by atoms with Crippen LogP contribution in [0.3, 0.4) is 0 Å². The van der Waals surface area contributed by atoms with Crippen molar-refractivity contribution in [3.05, 3.63) is 58.8 Å². The monoisotopic (exact) mass is 625 g/mol. The molecule has 1 aromatic heterocycles. The molecular formula is C34H47N3O6S. The van der Waals surface area contributed by atoms with Crippen molar-refractivity contribution < 1.29 is 27.5 Å². The van der Waals surface area contributed by atoms with Crippen LogP contribution < -0.4 is 9.46 Å². The molecule has 0 aliphatic carbocycles. The Morgan fingerprint density at radius 3 is 2.23 bits per heavy atom. The number of aryl methyl sites for hydroxylation is 1. The number of para-hydroxylation sites is 1. The smallest absolute Gasteiger partial charge is 0.410 e. The van der Waals surface area contributed by atoms with Gasteiger partial charge in [-0.2, -0.15) is 0 Å². The summed E-state index contributed by atoms with van der Waals surface area (Å²) in [6, 6.07) is 11.8. The van der Waals surface area contributed by atoms with E-state index in [1.807, 2.05) is 77.4 Å². The average Bonchev–Trinajstić information content (AvgIpc) is 3.24. The Morgan fingerprint density at radius 1 is 1.00 bits per heavy atom. The van der Waals surface area contributed by atoms with Gasteiger partial charge in [0.25, 0.3) is 0 Å². The van der Waals surface area contributed by atoms with Gasteiger partial charge in [-0.15, -0.1) is 0 Å². The maximum Gasteiger partial charge on any atom is 0.410 e. The Balaban J connectivity index is 1.59. The number of benzene rings is 2. The lowest BCUT2D eigenvalue weighted by Crippen LogP contribution is -2.42. The summed E-state index contributed by atoms with van der Waals surface area (Å²) >= 11 is 0. The van der Waals surface area contributed by atoms with Gasteiger partial charge in [-0.25, -0.2) is 13.2 Å². The van der Waals surface area contributed by atoms with E-state index in [9.17, 15) is 18.0 Å². The Labute approximate surface area is 262 Å². The highest BCUT2D eigenvalue weighted by atomic mass is 32.2. The van der Waals surface area contributed by atoms with Crippen LogP contribution in [0.1, 0.15) is 81.6 Å². The van der Waals surface area contributed by atoms with E-state index in [4.69, 9.17) is 9.47 Å². The van der Waals surface area contributed by atoms with Crippen LogP contribution in [0.5, 0.6) is 5.75 Å². The number of aromatic nitrogens is 1. The van der Waals surface area contributed by atoms with Gasteiger partial charge in [0.15, 0.2) is 5.78 Å². The number of Topliss-reactive ketones (excluding diaryl/α,β-unsaturated/α-hetero) is 1. The molecular weight excluding hydrogens is 578 g/mol. The third kappa shape index (κ3) is 7.94. The molecule has 0 radical (unpaired) electrons. The summed E-state index contributed by atoms with van der Waals surface area (Å²) in [6.07, 6.45) is 3.52. The first-order valence-corrected chi connectivity index (χ1v) is 17.0. The van der Waals surface area contributed by atoms with Crippen LogP contribution >= 0.6 is 0 Å². The van der Waals surface area contributed by atoms with Crippen LogP contribution in [0.15, 0.2) is 36.4 Å². The largest absolute Gasteiger partial charge is 0.494 e. The molecule has 10 heteroatoms. The molecule has 0 unspecified atom stereocenters. The van der Waals surface area contributed by atoms with Gasteiger partial charge in [-0.05, 0) is 74.6 Å². The number of ketones is 1. The molecule has 3 aromatic rings. The van der Waals surface area contributed by atoms with E-state index in [0.717, 1.165) is 42.0 Å². The van der Waals surface area contributed by atoms with Crippen LogP contribution in [0, 0.1) is 5.92 Å². The van der Waals surface area contributed by atoms with E-state index in [2.05, 4.69) is 10.8 Å². The normalized spacial score (nSPS) is 15.0. The predicted molar refractivity (Wildman–Crippen MR) is 175 cm³/mol. The molecule has 1 amide bonds. The van der Waals surface area contributed by atoms with Crippen molar-refractivity contribution in [1.29, 1.82) is 0 Å². The van der Waals surface area contributed by atoms with E-state index in [-0.39, 0.29) is 23.7 Å². The van der Waals surface area contributed by atoms with E-state index in [0.29, 0.717) is 41.7 Å². The van der Waals surface area contributed by atoms with Crippen LogP contribution in [0.25, 0.3) is 10.9 Å². The molecule has 2 aromatic carbocycles. The van der Waals surface area contributed by atoms with E-state index in [1.165, 1.54) is 12.7 Å². The van der Waals surface area contributed by atoms with Gasteiger partial charge in [0.05, 0.1) is 30.3 Å². The number of rotatable bonds is 8. The highest BCUT2D eigenvalue weighted by molar-refractivity contribution is 7.92. The third-order valence-electron chi connectivity index (χ3n) is 8.08. The van der Waals surface area contributed by atoms with Gasteiger partial charge in [-0.1, -0.05) is 45.0 Å². The summed E-state index contributed by atoms with van der Waals surface area (Å²) in [4.78, 5) is 28.2. The van der Waals surface area contributed by atoms with Gasteiger partial charge in [0.1, 0.15) is 11.4 Å². The molecule has 44 heavy (non-hydrogen) atoms. The number of amides is 1. The zero-order chi connectivity index (χ0) is 32.6. The first kappa shape index (κ1) is 33.4. The number of sulfonamides is 1. The number of carbonyl (C=O) groups excluding carboxylic acids is 2. The van der Waals surface area contributed by atoms with Crippen molar-refractivity contribution in [2.24, 2.45) is 13.0 Å². The topological polar surface area (TPSA) is 107 Å². The predicted octanol–water partition coefficient (Wildman–Crippen LogP) is 6.47. The molecule has 0 atom stereocenters. The quantitative estimate of drug-likeness (QED) is 0.288. The number of carbonyl (C=O) groups is 2. The molecule has 9 nitrogen and oxygen atoms in total. The van der Waals surface area contributed by atoms with Gasteiger partial charge >= 0.3 is 6.09 Å². The highest BCUT2D eigenvalue weighted by Crippen LogP contribution is 2.37. The molecule has 1 fully saturated rings. The second-order valence-corrected chi connectivity index (χ2v) is 15.7. The van der Waals surface area contributed by atoms with Crippen LogP contribution in [0.4, 0.5) is 10.5 Å². The van der Waals surface area contributed by atoms with Gasteiger partial charge in [0, 0.05) is 37.5 Å². The summed E-state index contributed by atoms with van der Waals surface area (Å²) in [5, 5.41) is 0.995. The number of anilines is 1. The van der Waals surface area contributed by atoms with Crippen molar-refractivity contribution in [2.75, 3.05) is 31.2 Å². The second-order valence-electron chi connectivity index (χ2n) is 14.0. The number of ether oxygens (including phenoxy) is 2. The minimum atomic E-state index is -3.57.